The summed E-state index contributed by atoms with van der Waals surface area (Å²) >= 11 is 0. The topological polar surface area (TPSA) is 227 Å². The van der Waals surface area contributed by atoms with Crippen LogP contribution in [0.1, 0.15) is 140 Å². The van der Waals surface area contributed by atoms with E-state index in [0.717, 1.165) is 44.3 Å². The van der Waals surface area contributed by atoms with E-state index in [1.54, 1.807) is 24.3 Å². The number of Topliss-reactive ketones (excluding diaryl/α,β-unsaturated/α-hetero) is 1. The van der Waals surface area contributed by atoms with Crippen LogP contribution in [-0.2, 0) is 110 Å². The molecule has 0 bridgehead atoms. The second-order valence-electron chi connectivity index (χ2n) is 31.8. The van der Waals surface area contributed by atoms with Gasteiger partial charge in [-0.25, -0.2) is 4.79 Å². The summed E-state index contributed by atoms with van der Waals surface area (Å²) in [4.78, 5) is 38.3. The Morgan fingerprint density at radius 3 is 1.37 bits per heavy atom. The van der Waals surface area contributed by atoms with Crippen molar-refractivity contribution < 1.29 is 104 Å². The summed E-state index contributed by atoms with van der Waals surface area (Å²) in [6, 6.07) is 56.5. The lowest BCUT2D eigenvalue weighted by molar-refractivity contribution is -0.344. The Morgan fingerprint density at radius 2 is 0.830 bits per heavy atom. The Hall–Kier alpha value is -7.11. The van der Waals surface area contributed by atoms with E-state index in [2.05, 4.69) is 80.3 Å². The summed E-state index contributed by atoms with van der Waals surface area (Å²) in [5.74, 6) is 0.257. The molecule has 13 rings (SSSR count). The lowest BCUT2D eigenvalue weighted by Crippen LogP contribution is -2.57. The first-order chi connectivity index (χ1) is 54.1. The summed E-state index contributed by atoms with van der Waals surface area (Å²) in [5.41, 5.74) is 3.39. The summed E-state index contributed by atoms with van der Waals surface area (Å²) in [5, 5.41) is 4.45. The maximum atomic E-state index is 14.0. The normalized spacial score (nSPS) is 31.2. The summed E-state index contributed by atoms with van der Waals surface area (Å²) in [7, 11) is -1.22. The highest BCUT2D eigenvalue weighted by Crippen LogP contribution is 2.40. The van der Waals surface area contributed by atoms with Gasteiger partial charge in [-0.2, -0.15) is 0 Å². The standard InChI is InChI=1S/C89H112O22Si/c1-55(90)29-40-78(91)105-72-38-41-79(98-56(72)2)108-85-58(4)101-82(48-75(85)95-52-63-30-32-65-23-17-19-27-68(65)45-63)107-77-50-83(102-61(7)88(77)111-89(92)67-25-15-12-16-26-67)106-73-39-42-80(99-57(73)3)109-86-59(5)103-84(49-76(86)96-53-64-31-33-66-24-18-20-28-69(66)46-64)110-87-60(6)100-81(47-74(87)94-51-62-21-13-11-14-22-62)104-71-36-34-70(35-37-71)97-54-93-43-44-112(8,9)10/h11-28,30-37,45-46,56-61,72-77,79-88H,29,38-44,47-54H2,1-10H3/t56-,57-,58+,59+,60+,61+,72-,73-,74+,75+,76+,77+,79-,80-,81-,82-,83-,84-,85+,86+,87+,88+/m0/s1. The van der Waals surface area contributed by atoms with Crippen LogP contribution >= 0.6 is 0 Å². The Bertz CT molecular complexity index is 4110. The van der Waals surface area contributed by atoms with Crippen molar-refractivity contribution in [2.45, 2.75) is 294 Å². The highest BCUT2D eigenvalue weighted by atomic mass is 28.3. The van der Waals surface area contributed by atoms with Crippen molar-refractivity contribution in [3.63, 3.8) is 0 Å². The first-order valence-corrected chi connectivity index (χ1v) is 43.8. The van der Waals surface area contributed by atoms with Crippen LogP contribution in [0.4, 0.5) is 0 Å². The lowest BCUT2D eigenvalue weighted by Gasteiger charge is -2.47. The van der Waals surface area contributed by atoms with E-state index in [0.29, 0.717) is 75.4 Å². The highest BCUT2D eigenvalue weighted by molar-refractivity contribution is 6.76. The van der Waals surface area contributed by atoms with Gasteiger partial charge in [0.1, 0.15) is 47.8 Å². The molecule has 6 heterocycles. The van der Waals surface area contributed by atoms with Crippen molar-refractivity contribution >= 4 is 47.3 Å². The van der Waals surface area contributed by atoms with Crippen molar-refractivity contribution in [1.29, 1.82) is 0 Å². The molecule has 0 aliphatic carbocycles. The van der Waals surface area contributed by atoms with Crippen LogP contribution < -0.4 is 9.47 Å². The SMILES string of the molecule is CC(=O)CCC(=O)O[C@H]1CC[C@H](O[C@@H]2[C@@H](C)O[C@@H](O[C@@H]3C[C@H](O[C@H]4CC[C@H](O[C@@H]5[C@@H](C)O[C@@H](O[C@@H]6[C@@H](C)O[C@@H](Oc7ccc(OCOCC[Si](C)(C)C)cc7)C[C@H]6OCc6ccccc6)C[C@H]5OCc5ccc6ccccc6c5)O[C@H]4C)O[C@H](C)[C@H]3OC(=O)c3ccccc3)C[C@H]2OCc2ccc3ccccc3c2)O[C@H]1C. The first kappa shape index (κ1) is 82.9. The van der Waals surface area contributed by atoms with Gasteiger partial charge in [0.15, 0.2) is 44.3 Å². The molecule has 7 aromatic rings. The molecule has 0 unspecified atom stereocenters. The molecule has 22 nitrogen and oxygen atoms in total. The van der Waals surface area contributed by atoms with E-state index in [1.807, 2.05) is 126 Å². The molecule has 604 valence electrons. The zero-order valence-corrected chi connectivity index (χ0v) is 67.2. The van der Waals surface area contributed by atoms with Crippen LogP contribution in [-0.4, -0.2) is 175 Å². The fourth-order valence-corrected chi connectivity index (χ4v) is 16.2. The minimum Gasteiger partial charge on any atom is -0.468 e. The predicted molar refractivity (Wildman–Crippen MR) is 419 cm³/mol. The van der Waals surface area contributed by atoms with Gasteiger partial charge in [-0.05, 0) is 154 Å². The van der Waals surface area contributed by atoms with Gasteiger partial charge in [-0.1, -0.05) is 141 Å². The first-order valence-electron chi connectivity index (χ1n) is 40.1. The van der Waals surface area contributed by atoms with Gasteiger partial charge < -0.3 is 94.8 Å². The second-order valence-corrected chi connectivity index (χ2v) is 37.4. The van der Waals surface area contributed by atoms with Crippen LogP contribution in [0.3, 0.4) is 0 Å². The number of carbonyl (C=O) groups excluding carboxylic acids is 3. The molecule has 0 saturated carbocycles. The molecular weight excluding hydrogens is 1450 g/mol. The van der Waals surface area contributed by atoms with Crippen LogP contribution in [0, 0.1) is 0 Å². The van der Waals surface area contributed by atoms with E-state index < -0.39 is 155 Å². The number of ether oxygens (including phenoxy) is 19. The molecular formula is C89H112O22Si. The van der Waals surface area contributed by atoms with E-state index in [9.17, 15) is 14.4 Å². The van der Waals surface area contributed by atoms with Gasteiger partial charge in [0.05, 0.1) is 92.8 Å². The third-order valence-corrected chi connectivity index (χ3v) is 23.4. The van der Waals surface area contributed by atoms with Crippen molar-refractivity contribution in [2.24, 2.45) is 0 Å². The van der Waals surface area contributed by atoms with E-state index >= 15 is 0 Å². The number of rotatable bonds is 33. The summed E-state index contributed by atoms with van der Waals surface area (Å²) < 4.78 is 126. The maximum Gasteiger partial charge on any atom is 0.338 e. The summed E-state index contributed by atoms with van der Waals surface area (Å²) in [6.45, 7) is 21.8. The lowest BCUT2D eigenvalue weighted by atomic mass is 9.99. The molecule has 23 heteroatoms. The Labute approximate surface area is 659 Å². The zero-order valence-electron chi connectivity index (χ0n) is 66.2. The predicted octanol–water partition coefficient (Wildman–Crippen LogP) is 15.8. The average molecular weight is 1560 g/mol. The van der Waals surface area contributed by atoms with Crippen LogP contribution in [0.15, 0.2) is 170 Å². The van der Waals surface area contributed by atoms with Crippen LogP contribution in [0.2, 0.25) is 25.7 Å². The number of hydrogen-bond donors (Lipinski definition) is 0. The van der Waals surface area contributed by atoms with Crippen molar-refractivity contribution in [3.8, 4) is 11.5 Å². The van der Waals surface area contributed by atoms with Crippen molar-refractivity contribution in [1.82, 2.24) is 0 Å². The maximum absolute atomic E-state index is 14.0. The summed E-state index contributed by atoms with van der Waals surface area (Å²) in [6.07, 6.45) is -10.3. The quantitative estimate of drug-likeness (QED) is 0.0161. The number of fused-ring (bicyclic) bond motifs is 2. The van der Waals surface area contributed by atoms with Gasteiger partial charge in [-0.15, -0.1) is 0 Å². The molecule has 0 spiro atoms. The van der Waals surface area contributed by atoms with E-state index in [4.69, 9.17) is 90.0 Å². The molecule has 6 saturated heterocycles. The number of ketones is 1. The fraction of sp³-hybridized carbons (Fsp3) is 0.539. The van der Waals surface area contributed by atoms with Gasteiger partial charge in [0.25, 0.3) is 0 Å². The third kappa shape index (κ3) is 23.3. The van der Waals surface area contributed by atoms with Gasteiger partial charge in [0.2, 0.25) is 6.29 Å². The monoisotopic (exact) mass is 1560 g/mol. The second kappa shape index (κ2) is 39.5. The van der Waals surface area contributed by atoms with Crippen molar-refractivity contribution in [2.75, 3.05) is 13.4 Å². The number of esters is 2. The minimum absolute atomic E-state index is 0.0112. The average Bonchev–Trinajstić information content (AvgIpc) is 0.797. The minimum atomic E-state index is -1.22. The Balaban J connectivity index is 0.668. The molecule has 0 N–H and O–H groups in total. The number of hydrogen-bond acceptors (Lipinski definition) is 22. The molecule has 6 fully saturated rings. The molecule has 0 aromatic heterocycles. The number of carbonyl (C=O) groups is 3. The molecule has 6 aliphatic rings. The molecule has 0 amide bonds. The van der Waals surface area contributed by atoms with Gasteiger partial charge in [-0.3, -0.25) is 4.79 Å². The molecule has 22 atom stereocenters. The molecule has 0 radical (unpaired) electrons. The van der Waals surface area contributed by atoms with Crippen LogP contribution in [0.25, 0.3) is 21.5 Å². The Kier molecular flexibility index (Phi) is 29.2. The smallest absolute Gasteiger partial charge is 0.338 e. The van der Waals surface area contributed by atoms with Crippen LogP contribution in [0.5, 0.6) is 11.5 Å². The molecule has 112 heavy (non-hydrogen) atoms. The largest absolute Gasteiger partial charge is 0.468 e. The molecule has 6 aliphatic heterocycles. The van der Waals surface area contributed by atoms with E-state index in [-0.39, 0.29) is 44.9 Å². The fourth-order valence-electron chi connectivity index (χ4n) is 15.5. The zero-order chi connectivity index (χ0) is 78.3. The number of benzene rings is 7. The molecule has 7 aromatic carbocycles. The Morgan fingerprint density at radius 1 is 0.393 bits per heavy atom. The third-order valence-electron chi connectivity index (χ3n) is 21.7. The highest BCUT2D eigenvalue weighted by Gasteiger charge is 2.50. The van der Waals surface area contributed by atoms with Gasteiger partial charge in [0, 0.05) is 59.6 Å². The van der Waals surface area contributed by atoms with Gasteiger partial charge >= 0.3 is 11.9 Å². The van der Waals surface area contributed by atoms with Crippen molar-refractivity contribution in [3.05, 3.63) is 192 Å². The van der Waals surface area contributed by atoms with E-state index in [1.165, 1.54) is 6.92 Å².